The predicted octanol–water partition coefficient (Wildman–Crippen LogP) is 3.17. The first kappa shape index (κ1) is 15.6. The monoisotopic (exact) mass is 340 g/mol. The fourth-order valence-corrected chi connectivity index (χ4v) is 2.85. The third-order valence-electron chi connectivity index (χ3n) is 2.36. The molecule has 5 nitrogen and oxygen atoms in total. The van der Waals surface area contributed by atoms with Gasteiger partial charge in [-0.25, -0.2) is 0 Å². The van der Waals surface area contributed by atoms with Crippen molar-refractivity contribution in [2.75, 3.05) is 6.26 Å². The maximum atomic E-state index is 10.9. The molecule has 1 aromatic rings. The van der Waals surface area contributed by atoms with E-state index in [9.17, 15) is 13.7 Å². The van der Waals surface area contributed by atoms with Gasteiger partial charge in [0.15, 0.2) is 0 Å². The summed E-state index contributed by atoms with van der Waals surface area (Å²) in [5.74, 6) is 0. The summed E-state index contributed by atoms with van der Waals surface area (Å²) < 4.78 is 26.1. The van der Waals surface area contributed by atoms with Crippen LogP contribution in [0.2, 0.25) is 5.02 Å². The van der Waals surface area contributed by atoms with Gasteiger partial charge in [-0.3, -0.25) is 4.28 Å². The number of hydrogen-bond acceptors (Lipinski definition) is 6. The number of oxime groups is 1. The molecular formula is C13H9ClN2O3S2. The number of rotatable bonds is 3. The van der Waals surface area contributed by atoms with Crippen molar-refractivity contribution < 1.29 is 12.7 Å². The molecule has 0 aliphatic carbocycles. The summed E-state index contributed by atoms with van der Waals surface area (Å²) in [5, 5.41) is 13.6. The number of allylic oxidation sites excluding steroid dienone is 2. The molecule has 8 heteroatoms. The van der Waals surface area contributed by atoms with E-state index in [0.29, 0.717) is 26.1 Å². The average molecular weight is 341 g/mol. The van der Waals surface area contributed by atoms with Crippen LogP contribution in [0, 0.1) is 11.3 Å². The number of halogens is 1. The van der Waals surface area contributed by atoms with Crippen LogP contribution in [0.4, 0.5) is 0 Å². The van der Waals surface area contributed by atoms with Gasteiger partial charge in [-0.05, 0) is 18.2 Å². The Morgan fingerprint density at radius 2 is 2.10 bits per heavy atom. The second-order valence-electron chi connectivity index (χ2n) is 3.97. The molecule has 1 aromatic carbocycles. The Labute approximate surface area is 131 Å². The topological polar surface area (TPSA) is 79.5 Å². The standard InChI is InChI=1S/C13H9ClN2O3S2/c1-21(17,18)19-16-13-7-6-12(20-13)10(8-15)9-4-2-3-5-11(9)14/h2-7H,1H3/b12-10-,16-13+. The molecule has 108 valence electrons. The zero-order valence-corrected chi connectivity index (χ0v) is 13.2. The minimum absolute atomic E-state index is 0.343. The van der Waals surface area contributed by atoms with Crippen LogP contribution in [0.15, 0.2) is 46.5 Å². The first-order valence-electron chi connectivity index (χ1n) is 5.62. The third kappa shape index (κ3) is 4.11. The fourth-order valence-electron chi connectivity index (χ4n) is 1.53. The Morgan fingerprint density at radius 1 is 1.38 bits per heavy atom. The maximum Gasteiger partial charge on any atom is 0.325 e. The summed E-state index contributed by atoms with van der Waals surface area (Å²) in [6, 6.07) is 9.09. The van der Waals surface area contributed by atoms with Crippen LogP contribution in [0.25, 0.3) is 5.57 Å². The maximum absolute atomic E-state index is 10.9. The van der Waals surface area contributed by atoms with E-state index < -0.39 is 10.1 Å². The van der Waals surface area contributed by atoms with Crippen LogP contribution in [0.3, 0.4) is 0 Å². The number of benzene rings is 1. The van der Waals surface area contributed by atoms with E-state index in [0.717, 1.165) is 18.0 Å². The van der Waals surface area contributed by atoms with Crippen LogP contribution < -0.4 is 0 Å². The lowest BCUT2D eigenvalue weighted by atomic mass is 10.1. The van der Waals surface area contributed by atoms with Gasteiger partial charge in [-0.1, -0.05) is 46.7 Å². The number of thioether (sulfide) groups is 1. The summed E-state index contributed by atoms with van der Waals surface area (Å²) in [6.07, 6.45) is 4.14. The highest BCUT2D eigenvalue weighted by molar-refractivity contribution is 8.18. The van der Waals surface area contributed by atoms with Crippen LogP contribution in [0.1, 0.15) is 5.56 Å². The first-order chi connectivity index (χ1) is 9.90. The molecule has 1 aliphatic heterocycles. The molecule has 0 fully saturated rings. The summed E-state index contributed by atoms with van der Waals surface area (Å²) in [5.41, 5.74) is 1.01. The average Bonchev–Trinajstić information content (AvgIpc) is 2.87. The van der Waals surface area contributed by atoms with Crippen molar-refractivity contribution in [3.8, 4) is 6.07 Å². The largest absolute Gasteiger partial charge is 0.325 e. The van der Waals surface area contributed by atoms with Crippen molar-refractivity contribution in [2.45, 2.75) is 0 Å². The van der Waals surface area contributed by atoms with Crippen LogP contribution in [-0.2, 0) is 14.4 Å². The second kappa shape index (κ2) is 6.35. The van der Waals surface area contributed by atoms with Gasteiger partial charge < -0.3 is 0 Å². The minimum atomic E-state index is -3.65. The van der Waals surface area contributed by atoms with Crippen molar-refractivity contribution in [3.63, 3.8) is 0 Å². The SMILES string of the molecule is CS(=O)(=O)O/N=C1C=C/C(=C(\C#N)c2ccccc2Cl)S\1. The Hall–Kier alpha value is -1.75. The number of hydrogen-bond donors (Lipinski definition) is 0. The van der Waals surface area contributed by atoms with Gasteiger partial charge in [0.1, 0.15) is 11.1 Å². The van der Waals surface area contributed by atoms with E-state index in [-0.39, 0.29) is 0 Å². The minimum Gasteiger partial charge on any atom is -0.268 e. The van der Waals surface area contributed by atoms with Crippen molar-refractivity contribution in [1.82, 2.24) is 0 Å². The van der Waals surface area contributed by atoms with E-state index in [1.807, 2.05) is 0 Å². The van der Waals surface area contributed by atoms with E-state index in [2.05, 4.69) is 15.5 Å². The van der Waals surface area contributed by atoms with Crippen molar-refractivity contribution in [1.29, 1.82) is 5.26 Å². The first-order valence-corrected chi connectivity index (χ1v) is 8.63. The molecule has 1 heterocycles. The van der Waals surface area contributed by atoms with Gasteiger partial charge >= 0.3 is 10.1 Å². The van der Waals surface area contributed by atoms with Gasteiger partial charge in [-0.15, -0.1) is 0 Å². The highest BCUT2D eigenvalue weighted by Crippen LogP contribution is 2.36. The van der Waals surface area contributed by atoms with Gasteiger partial charge in [0.05, 0.1) is 11.8 Å². The Morgan fingerprint density at radius 3 is 2.71 bits per heavy atom. The molecule has 0 radical (unpaired) electrons. The Balaban J connectivity index is 2.32. The van der Waals surface area contributed by atoms with Gasteiger partial charge in [-0.2, -0.15) is 13.7 Å². The number of nitrogens with zero attached hydrogens (tertiary/aromatic N) is 2. The molecule has 0 atom stereocenters. The van der Waals surface area contributed by atoms with Gasteiger partial charge in [0, 0.05) is 15.5 Å². The lowest BCUT2D eigenvalue weighted by Crippen LogP contribution is -1.98. The quantitative estimate of drug-likeness (QED) is 0.623. The third-order valence-corrected chi connectivity index (χ3v) is 4.01. The zero-order chi connectivity index (χ0) is 15.5. The Kier molecular flexibility index (Phi) is 4.73. The summed E-state index contributed by atoms with van der Waals surface area (Å²) in [7, 11) is -3.65. The van der Waals surface area contributed by atoms with Crippen LogP contribution >= 0.6 is 23.4 Å². The van der Waals surface area contributed by atoms with E-state index in [1.54, 1.807) is 36.4 Å². The summed E-state index contributed by atoms with van der Waals surface area (Å²) >= 11 is 7.22. The van der Waals surface area contributed by atoms with Gasteiger partial charge in [0.2, 0.25) is 0 Å². The Bertz CT molecular complexity index is 805. The number of nitriles is 1. The highest BCUT2D eigenvalue weighted by atomic mass is 35.5. The molecule has 0 unspecified atom stereocenters. The highest BCUT2D eigenvalue weighted by Gasteiger charge is 2.17. The van der Waals surface area contributed by atoms with Crippen molar-refractivity contribution >= 4 is 44.1 Å². The van der Waals surface area contributed by atoms with Crippen molar-refractivity contribution in [2.24, 2.45) is 5.16 Å². The molecular weight excluding hydrogens is 332 g/mol. The molecule has 0 saturated heterocycles. The van der Waals surface area contributed by atoms with Gasteiger partial charge in [0.25, 0.3) is 0 Å². The lowest BCUT2D eigenvalue weighted by molar-refractivity contribution is 0.345. The molecule has 0 saturated carbocycles. The van der Waals surface area contributed by atoms with E-state index in [1.165, 1.54) is 0 Å². The van der Waals surface area contributed by atoms with Crippen LogP contribution in [0.5, 0.6) is 0 Å². The zero-order valence-electron chi connectivity index (χ0n) is 10.8. The molecule has 2 rings (SSSR count). The summed E-state index contributed by atoms with van der Waals surface area (Å²) in [4.78, 5) is 0.626. The fraction of sp³-hybridized carbons (Fsp3) is 0.0769. The summed E-state index contributed by atoms with van der Waals surface area (Å²) in [6.45, 7) is 0. The second-order valence-corrected chi connectivity index (χ2v) is 7.00. The molecule has 0 aromatic heterocycles. The molecule has 1 aliphatic rings. The molecule has 0 spiro atoms. The molecule has 21 heavy (non-hydrogen) atoms. The normalized spacial score (nSPS) is 18.6. The van der Waals surface area contributed by atoms with Crippen LogP contribution in [-0.4, -0.2) is 19.7 Å². The van der Waals surface area contributed by atoms with E-state index in [4.69, 9.17) is 11.6 Å². The van der Waals surface area contributed by atoms with E-state index >= 15 is 0 Å². The molecule has 0 amide bonds. The molecule has 0 bridgehead atoms. The smallest absolute Gasteiger partial charge is 0.268 e. The molecule has 0 N–H and O–H groups in total. The van der Waals surface area contributed by atoms with Crippen molar-refractivity contribution in [3.05, 3.63) is 51.9 Å². The predicted molar refractivity (Wildman–Crippen MR) is 84.1 cm³/mol. The lowest BCUT2D eigenvalue weighted by Gasteiger charge is -2.04.